The molecule has 0 aliphatic carbocycles. The molecule has 88 valence electrons. The minimum atomic E-state index is 0.638. The highest BCUT2D eigenvalue weighted by Crippen LogP contribution is 2.30. The minimum Gasteiger partial charge on any atom is -0.495 e. The molecule has 0 aliphatic rings. The summed E-state index contributed by atoms with van der Waals surface area (Å²) in [6.45, 7) is 0. The van der Waals surface area contributed by atoms with Crippen LogP contribution in [0.4, 0.5) is 0 Å². The summed E-state index contributed by atoms with van der Waals surface area (Å²) in [6.07, 6.45) is 2.07. The second-order valence-corrected chi connectivity index (χ2v) is 4.86. The first-order valence-corrected chi connectivity index (χ1v) is 6.83. The summed E-state index contributed by atoms with van der Waals surface area (Å²) in [6, 6.07) is 14.2. The molecule has 2 rings (SSSR count). The van der Waals surface area contributed by atoms with Gasteiger partial charge in [-0.05, 0) is 41.6 Å². The van der Waals surface area contributed by atoms with Crippen molar-refractivity contribution in [1.82, 2.24) is 0 Å². The molecule has 0 bridgehead atoms. The van der Waals surface area contributed by atoms with Crippen LogP contribution in [0, 0.1) is 0 Å². The van der Waals surface area contributed by atoms with E-state index in [4.69, 9.17) is 16.3 Å². The van der Waals surface area contributed by atoms with E-state index in [0.29, 0.717) is 10.8 Å². The molecule has 0 N–H and O–H groups in total. The molecule has 0 unspecified atom stereocenters. The molecule has 0 spiro atoms. The second-order valence-electron chi connectivity index (χ2n) is 3.58. The van der Waals surface area contributed by atoms with Gasteiger partial charge in [-0.1, -0.05) is 29.8 Å². The number of halogens is 1. The lowest BCUT2D eigenvalue weighted by Crippen LogP contribution is -1.85. The molecule has 0 aliphatic heterocycles. The van der Waals surface area contributed by atoms with Crippen LogP contribution in [-0.2, 0) is 0 Å². The van der Waals surface area contributed by atoms with Crippen LogP contribution in [-0.4, -0.2) is 13.4 Å². The Morgan fingerprint density at radius 3 is 2.18 bits per heavy atom. The molecule has 1 nitrogen and oxygen atoms in total. The second kappa shape index (κ2) is 5.48. The third-order valence-corrected chi connectivity index (χ3v) is 3.61. The first kappa shape index (κ1) is 12.3. The molecule has 0 amide bonds. The largest absolute Gasteiger partial charge is 0.495 e. The van der Waals surface area contributed by atoms with E-state index in [-0.39, 0.29) is 0 Å². The van der Waals surface area contributed by atoms with Crippen molar-refractivity contribution < 1.29 is 4.74 Å². The predicted octanol–water partition coefficient (Wildman–Crippen LogP) is 4.74. The van der Waals surface area contributed by atoms with Gasteiger partial charge in [-0.25, -0.2) is 0 Å². The van der Waals surface area contributed by atoms with Crippen LogP contribution in [0.15, 0.2) is 47.4 Å². The average molecular weight is 265 g/mol. The number of rotatable bonds is 3. The Labute approximate surface area is 111 Å². The lowest BCUT2D eigenvalue weighted by atomic mass is 10.1. The Balaban J connectivity index is 2.35. The zero-order valence-electron chi connectivity index (χ0n) is 9.74. The summed E-state index contributed by atoms with van der Waals surface area (Å²) in [5.74, 6) is 0.705. The predicted molar refractivity (Wildman–Crippen MR) is 75.2 cm³/mol. The molecule has 0 saturated carbocycles. The van der Waals surface area contributed by atoms with Crippen LogP contribution in [0.2, 0.25) is 5.02 Å². The van der Waals surface area contributed by atoms with Gasteiger partial charge in [0.05, 0.1) is 12.1 Å². The molecule has 0 radical (unpaired) electrons. The minimum absolute atomic E-state index is 0.638. The van der Waals surface area contributed by atoms with Gasteiger partial charge in [-0.3, -0.25) is 0 Å². The van der Waals surface area contributed by atoms with Crippen molar-refractivity contribution in [3.63, 3.8) is 0 Å². The third-order valence-electron chi connectivity index (χ3n) is 2.58. The molecular weight excluding hydrogens is 252 g/mol. The summed E-state index contributed by atoms with van der Waals surface area (Å²) >= 11 is 7.84. The van der Waals surface area contributed by atoms with Crippen LogP contribution in [0.25, 0.3) is 11.1 Å². The average Bonchev–Trinajstić information content (AvgIpc) is 2.39. The number of benzene rings is 2. The Bertz CT molecular complexity index is 508. The lowest BCUT2D eigenvalue weighted by Gasteiger charge is -2.06. The summed E-state index contributed by atoms with van der Waals surface area (Å²) in [5.41, 5.74) is 2.26. The Morgan fingerprint density at radius 1 is 1.00 bits per heavy atom. The molecule has 17 heavy (non-hydrogen) atoms. The molecule has 0 atom stereocenters. The standard InChI is InChI=1S/C14H13ClOS/c1-16-14-8-5-11(9-13(14)15)10-3-6-12(17-2)7-4-10/h3-9H,1-2H3. The zero-order chi connectivity index (χ0) is 12.3. The Hall–Kier alpha value is -1.12. The van der Waals surface area contributed by atoms with Crippen molar-refractivity contribution in [2.24, 2.45) is 0 Å². The maximum Gasteiger partial charge on any atom is 0.137 e. The van der Waals surface area contributed by atoms with Crippen LogP contribution in [0.1, 0.15) is 0 Å². The van der Waals surface area contributed by atoms with Crippen molar-refractivity contribution in [1.29, 1.82) is 0 Å². The number of hydrogen-bond donors (Lipinski definition) is 0. The van der Waals surface area contributed by atoms with Crippen molar-refractivity contribution in [3.8, 4) is 16.9 Å². The highest BCUT2D eigenvalue weighted by molar-refractivity contribution is 7.98. The fourth-order valence-electron chi connectivity index (χ4n) is 1.63. The summed E-state index contributed by atoms with van der Waals surface area (Å²) in [4.78, 5) is 1.26. The van der Waals surface area contributed by atoms with Gasteiger partial charge >= 0.3 is 0 Å². The van der Waals surface area contributed by atoms with E-state index in [9.17, 15) is 0 Å². The quantitative estimate of drug-likeness (QED) is 0.741. The summed E-state index contributed by atoms with van der Waals surface area (Å²) in [7, 11) is 1.62. The number of ether oxygens (including phenoxy) is 1. The van der Waals surface area contributed by atoms with E-state index in [0.717, 1.165) is 11.1 Å². The van der Waals surface area contributed by atoms with Crippen molar-refractivity contribution >= 4 is 23.4 Å². The number of methoxy groups -OCH3 is 1. The topological polar surface area (TPSA) is 9.23 Å². The highest BCUT2D eigenvalue weighted by atomic mass is 35.5. The van der Waals surface area contributed by atoms with Gasteiger partial charge in [0.1, 0.15) is 5.75 Å². The Kier molecular flexibility index (Phi) is 3.97. The van der Waals surface area contributed by atoms with Crippen molar-refractivity contribution in [2.75, 3.05) is 13.4 Å². The van der Waals surface area contributed by atoms with Gasteiger partial charge in [-0.15, -0.1) is 11.8 Å². The van der Waals surface area contributed by atoms with Crippen LogP contribution >= 0.6 is 23.4 Å². The zero-order valence-corrected chi connectivity index (χ0v) is 11.3. The van der Waals surface area contributed by atoms with Gasteiger partial charge in [0.15, 0.2) is 0 Å². The first-order chi connectivity index (χ1) is 8.24. The van der Waals surface area contributed by atoms with Crippen molar-refractivity contribution in [2.45, 2.75) is 4.90 Å². The summed E-state index contributed by atoms with van der Waals surface area (Å²) < 4.78 is 5.14. The van der Waals surface area contributed by atoms with Crippen LogP contribution in [0.3, 0.4) is 0 Å². The van der Waals surface area contributed by atoms with E-state index in [1.807, 2.05) is 18.2 Å². The van der Waals surface area contributed by atoms with Gasteiger partial charge in [0, 0.05) is 4.90 Å². The molecule has 2 aromatic carbocycles. The molecule has 0 aromatic heterocycles. The normalized spacial score (nSPS) is 10.3. The van der Waals surface area contributed by atoms with Gasteiger partial charge in [0.2, 0.25) is 0 Å². The highest BCUT2D eigenvalue weighted by Gasteiger charge is 2.03. The number of thioether (sulfide) groups is 1. The third kappa shape index (κ3) is 2.76. The fraction of sp³-hybridized carbons (Fsp3) is 0.143. The van der Waals surface area contributed by atoms with Crippen LogP contribution < -0.4 is 4.74 Å². The fourth-order valence-corrected chi connectivity index (χ4v) is 2.30. The van der Waals surface area contributed by atoms with E-state index >= 15 is 0 Å². The number of hydrogen-bond acceptors (Lipinski definition) is 2. The monoisotopic (exact) mass is 264 g/mol. The molecule has 0 saturated heterocycles. The van der Waals surface area contributed by atoms with E-state index < -0.39 is 0 Å². The first-order valence-electron chi connectivity index (χ1n) is 5.22. The maximum atomic E-state index is 6.11. The molecule has 2 aromatic rings. The Morgan fingerprint density at radius 2 is 1.65 bits per heavy atom. The van der Waals surface area contributed by atoms with E-state index in [2.05, 4.69) is 30.5 Å². The van der Waals surface area contributed by atoms with Crippen LogP contribution in [0.5, 0.6) is 5.75 Å². The van der Waals surface area contributed by atoms with Gasteiger partial charge < -0.3 is 4.74 Å². The van der Waals surface area contributed by atoms with Gasteiger partial charge in [-0.2, -0.15) is 0 Å². The lowest BCUT2D eigenvalue weighted by molar-refractivity contribution is 0.415. The van der Waals surface area contributed by atoms with Gasteiger partial charge in [0.25, 0.3) is 0 Å². The van der Waals surface area contributed by atoms with E-state index in [1.54, 1.807) is 18.9 Å². The molecule has 0 fully saturated rings. The molecule has 0 heterocycles. The molecule has 3 heteroatoms. The maximum absolute atomic E-state index is 6.11. The van der Waals surface area contributed by atoms with E-state index in [1.165, 1.54) is 4.90 Å². The summed E-state index contributed by atoms with van der Waals surface area (Å²) in [5, 5.41) is 0.638. The molecular formula is C14H13ClOS. The van der Waals surface area contributed by atoms with Crippen molar-refractivity contribution in [3.05, 3.63) is 47.5 Å². The smallest absolute Gasteiger partial charge is 0.137 e. The SMILES string of the molecule is COc1ccc(-c2ccc(SC)cc2)cc1Cl.